The molecule has 12 heteroatoms. The molecule has 2 amide bonds. The smallest absolute Gasteiger partial charge is 0.287 e. The molecule has 0 fully saturated rings. The topological polar surface area (TPSA) is 106 Å². The van der Waals surface area contributed by atoms with E-state index in [0.717, 1.165) is 48.6 Å². The first-order valence-electron chi connectivity index (χ1n) is 13.4. The van der Waals surface area contributed by atoms with Gasteiger partial charge in [0.25, 0.3) is 5.91 Å². The molecule has 0 saturated heterocycles. The number of carbonyl (C=O) groups excluding carboxylic acids is 2. The number of para-hydroxylation sites is 2. The molecular formula is C30H25FN6O3S2. The van der Waals surface area contributed by atoms with Crippen LogP contribution in [0.2, 0.25) is 0 Å². The molecule has 6 aromatic rings. The van der Waals surface area contributed by atoms with Gasteiger partial charge in [-0.25, -0.2) is 19.3 Å². The predicted octanol–water partition coefficient (Wildman–Crippen LogP) is 5.63. The summed E-state index contributed by atoms with van der Waals surface area (Å²) in [5, 5.41) is 4.14. The number of thiazole rings is 2. The Bertz CT molecular complexity index is 1970. The fourth-order valence-electron chi connectivity index (χ4n) is 5.28. The first-order chi connectivity index (χ1) is 20.4. The molecule has 0 spiro atoms. The third kappa shape index (κ3) is 4.66. The lowest BCUT2D eigenvalue weighted by atomic mass is 10.1. The molecule has 0 bridgehead atoms. The lowest BCUT2D eigenvalue weighted by molar-refractivity contribution is -0.132. The maximum absolute atomic E-state index is 14.1. The van der Waals surface area contributed by atoms with Crippen LogP contribution in [-0.2, 0) is 30.8 Å². The number of amides is 2. The van der Waals surface area contributed by atoms with Crippen molar-refractivity contribution >= 4 is 56.5 Å². The molecule has 0 unspecified atom stereocenters. The van der Waals surface area contributed by atoms with E-state index in [1.807, 2.05) is 47.6 Å². The standard InChI is InChI=1S/C30H25FN6O3S2/c1-16-7-8-19(31)27-18(16)11-23(40-27)30(39)32-12-25-34-21-13-36(10-9-24(21)42-25)26(38)14-37-22-6-4-3-5-20(22)35-29(37)28-17(2)33-15-41-28/h3-8,11,15H,9-10,12-14H2,1-2H3,(H,32,39). The first kappa shape index (κ1) is 26.5. The summed E-state index contributed by atoms with van der Waals surface area (Å²) < 4.78 is 21.6. The summed E-state index contributed by atoms with van der Waals surface area (Å²) in [6.07, 6.45) is 0.695. The lowest BCUT2D eigenvalue weighted by Gasteiger charge is -2.26. The highest BCUT2D eigenvalue weighted by atomic mass is 32.1. The zero-order valence-corrected chi connectivity index (χ0v) is 24.4. The summed E-state index contributed by atoms with van der Waals surface area (Å²) in [6, 6.07) is 12.4. The first-order valence-corrected chi connectivity index (χ1v) is 15.1. The molecule has 5 heterocycles. The van der Waals surface area contributed by atoms with Crippen LogP contribution in [0.5, 0.6) is 0 Å². The van der Waals surface area contributed by atoms with Crippen LogP contribution in [0.3, 0.4) is 0 Å². The minimum absolute atomic E-state index is 0.0116. The molecule has 212 valence electrons. The molecule has 42 heavy (non-hydrogen) atoms. The number of imidazole rings is 1. The number of carbonyl (C=O) groups is 2. The minimum atomic E-state index is -0.502. The van der Waals surface area contributed by atoms with E-state index in [9.17, 15) is 14.0 Å². The van der Waals surface area contributed by atoms with Gasteiger partial charge < -0.3 is 19.2 Å². The third-order valence-electron chi connectivity index (χ3n) is 7.50. The number of nitrogens with zero attached hydrogens (tertiary/aromatic N) is 5. The van der Waals surface area contributed by atoms with Crippen molar-refractivity contribution < 1.29 is 18.4 Å². The lowest BCUT2D eigenvalue weighted by Crippen LogP contribution is -2.37. The van der Waals surface area contributed by atoms with E-state index in [2.05, 4.69) is 10.3 Å². The molecule has 0 radical (unpaired) electrons. The van der Waals surface area contributed by atoms with Gasteiger partial charge in [0.05, 0.1) is 45.9 Å². The second-order valence-corrected chi connectivity index (χ2v) is 12.2. The number of hydrogen-bond donors (Lipinski definition) is 1. The van der Waals surface area contributed by atoms with Gasteiger partial charge in [-0.1, -0.05) is 18.2 Å². The number of halogens is 1. The summed E-state index contributed by atoms with van der Waals surface area (Å²) in [7, 11) is 0. The minimum Gasteiger partial charge on any atom is -0.448 e. The van der Waals surface area contributed by atoms with E-state index in [-0.39, 0.29) is 30.3 Å². The molecule has 0 atom stereocenters. The monoisotopic (exact) mass is 600 g/mol. The average Bonchev–Trinajstić information content (AvgIpc) is 3.78. The molecule has 1 N–H and O–H groups in total. The van der Waals surface area contributed by atoms with Crippen molar-refractivity contribution in [2.24, 2.45) is 0 Å². The quantitative estimate of drug-likeness (QED) is 0.266. The summed E-state index contributed by atoms with van der Waals surface area (Å²) in [5.41, 5.74) is 6.17. The highest BCUT2D eigenvalue weighted by Crippen LogP contribution is 2.31. The Hall–Kier alpha value is -4.42. The third-order valence-corrected chi connectivity index (χ3v) is 9.58. The van der Waals surface area contributed by atoms with Crippen LogP contribution in [-0.4, -0.2) is 42.8 Å². The van der Waals surface area contributed by atoms with E-state index in [0.29, 0.717) is 24.9 Å². The van der Waals surface area contributed by atoms with E-state index in [1.165, 1.54) is 28.7 Å². The Kier molecular flexibility index (Phi) is 6.59. The van der Waals surface area contributed by atoms with E-state index in [1.54, 1.807) is 17.6 Å². The van der Waals surface area contributed by atoms with E-state index < -0.39 is 11.7 Å². The second-order valence-electron chi connectivity index (χ2n) is 10.2. The van der Waals surface area contributed by atoms with E-state index in [4.69, 9.17) is 14.4 Å². The molecule has 1 aliphatic heterocycles. The number of benzene rings is 2. The van der Waals surface area contributed by atoms with Crippen LogP contribution in [0.25, 0.3) is 32.7 Å². The summed E-state index contributed by atoms with van der Waals surface area (Å²) >= 11 is 3.05. The van der Waals surface area contributed by atoms with Gasteiger partial charge in [-0.05, 0) is 43.7 Å². The number of aromatic nitrogens is 4. The van der Waals surface area contributed by atoms with Gasteiger partial charge in [0, 0.05) is 23.2 Å². The van der Waals surface area contributed by atoms with Gasteiger partial charge in [-0.2, -0.15) is 0 Å². The van der Waals surface area contributed by atoms with E-state index >= 15 is 0 Å². The molecule has 1 aliphatic rings. The molecule has 9 nitrogen and oxygen atoms in total. The fraction of sp³-hybridized carbons (Fsp3) is 0.233. The summed E-state index contributed by atoms with van der Waals surface area (Å²) in [5.74, 6) is -0.151. The Balaban J connectivity index is 1.05. The van der Waals surface area contributed by atoms with Crippen LogP contribution >= 0.6 is 22.7 Å². The second kappa shape index (κ2) is 10.4. The maximum atomic E-state index is 14.1. The average molecular weight is 601 g/mol. The van der Waals surface area contributed by atoms with Gasteiger partial charge >= 0.3 is 0 Å². The number of furan rings is 1. The highest BCUT2D eigenvalue weighted by molar-refractivity contribution is 7.13. The van der Waals surface area contributed by atoms with Gasteiger partial charge in [0.15, 0.2) is 23.0 Å². The normalized spacial score (nSPS) is 13.2. The van der Waals surface area contributed by atoms with Crippen LogP contribution < -0.4 is 5.32 Å². The Labute approximate surface area is 247 Å². The van der Waals surface area contributed by atoms with Gasteiger partial charge in [-0.3, -0.25) is 9.59 Å². The van der Waals surface area contributed by atoms with Gasteiger partial charge in [0.1, 0.15) is 11.6 Å². The van der Waals surface area contributed by atoms with Crippen molar-refractivity contribution in [3.8, 4) is 10.7 Å². The zero-order valence-electron chi connectivity index (χ0n) is 22.8. The SMILES string of the molecule is Cc1ncsc1-c1nc2ccccc2n1CC(=O)N1CCc2sc(CNC(=O)c3cc4c(C)ccc(F)c4o3)nc2C1. The Morgan fingerprint density at radius 2 is 2.00 bits per heavy atom. The van der Waals surface area contributed by atoms with Gasteiger partial charge in [-0.15, -0.1) is 22.7 Å². The van der Waals surface area contributed by atoms with Gasteiger partial charge in [0.2, 0.25) is 5.91 Å². The maximum Gasteiger partial charge on any atom is 0.287 e. The fourth-order valence-corrected chi connectivity index (χ4v) is 7.09. The molecule has 0 aliphatic carbocycles. The molecular weight excluding hydrogens is 576 g/mol. The number of hydrogen-bond acceptors (Lipinski definition) is 8. The van der Waals surface area contributed by atoms with Crippen LogP contribution in [0, 0.1) is 19.7 Å². The van der Waals surface area contributed by atoms with Crippen LogP contribution in [0.15, 0.2) is 52.4 Å². The number of aryl methyl sites for hydroxylation is 2. The number of rotatable bonds is 6. The van der Waals surface area contributed by atoms with Crippen LogP contribution in [0.4, 0.5) is 4.39 Å². The van der Waals surface area contributed by atoms with Crippen molar-refractivity contribution in [1.82, 2.24) is 29.7 Å². The highest BCUT2D eigenvalue weighted by Gasteiger charge is 2.26. The number of nitrogens with one attached hydrogen (secondary N) is 1. The summed E-state index contributed by atoms with van der Waals surface area (Å²) in [4.78, 5) is 44.2. The molecule has 0 saturated carbocycles. The van der Waals surface area contributed by atoms with Crippen molar-refractivity contribution in [1.29, 1.82) is 0 Å². The van der Waals surface area contributed by atoms with Crippen LogP contribution in [0.1, 0.15) is 37.4 Å². The Morgan fingerprint density at radius 3 is 2.81 bits per heavy atom. The molecule has 7 rings (SSSR count). The van der Waals surface area contributed by atoms with Crippen molar-refractivity contribution in [2.45, 2.75) is 39.9 Å². The summed E-state index contributed by atoms with van der Waals surface area (Å²) in [6.45, 7) is 5.15. The van der Waals surface area contributed by atoms with Crippen molar-refractivity contribution in [3.05, 3.63) is 86.4 Å². The number of fused-ring (bicyclic) bond motifs is 3. The van der Waals surface area contributed by atoms with Crippen molar-refractivity contribution in [3.63, 3.8) is 0 Å². The zero-order chi connectivity index (χ0) is 29.0. The largest absolute Gasteiger partial charge is 0.448 e. The van der Waals surface area contributed by atoms with Crippen molar-refractivity contribution in [2.75, 3.05) is 6.54 Å². The Morgan fingerprint density at radius 1 is 1.14 bits per heavy atom. The molecule has 2 aromatic carbocycles. The predicted molar refractivity (Wildman–Crippen MR) is 159 cm³/mol. The molecule has 4 aromatic heterocycles.